The van der Waals surface area contributed by atoms with Gasteiger partial charge in [0, 0.05) is 0 Å². The molecular weight excluding hydrogens is 484 g/mol. The van der Waals surface area contributed by atoms with Crippen LogP contribution in [0.3, 0.4) is 0 Å². The van der Waals surface area contributed by atoms with Crippen LogP contribution in [-0.2, 0) is 20.2 Å². The second kappa shape index (κ2) is 9.86. The number of rotatable bonds is 5. The van der Waals surface area contributed by atoms with E-state index < -0.39 is 16.1 Å². The van der Waals surface area contributed by atoms with E-state index >= 15 is 0 Å². The number of nitrogens with one attached hydrogen (secondary N) is 1. The predicted octanol–water partition coefficient (Wildman–Crippen LogP) is 5.74. The maximum Gasteiger partial charge on any atom is 0.264 e. The standard InChI is InChI=1S/C30H36N2O4S/c1-19-15-21(3)25(16-20(19)2)22(4)31-29(33)28-18-32(37(34,35)24-11-9-8-10-12-24)26-17-23(30(5,6)7)13-14-27(26)36-28/h8-17,22,28H,18H2,1-7H3,(H,31,33)/t22-,28+/m1/s1. The van der Waals surface area contributed by atoms with Crippen LogP contribution in [0.2, 0.25) is 0 Å². The van der Waals surface area contributed by atoms with Gasteiger partial charge >= 0.3 is 0 Å². The summed E-state index contributed by atoms with van der Waals surface area (Å²) in [6, 6.07) is 17.8. The second-order valence-corrected chi connectivity index (χ2v) is 12.8. The zero-order valence-corrected chi connectivity index (χ0v) is 23.4. The lowest BCUT2D eigenvalue weighted by Crippen LogP contribution is -2.51. The summed E-state index contributed by atoms with van der Waals surface area (Å²) in [5.41, 5.74) is 5.70. The van der Waals surface area contributed by atoms with Crippen molar-refractivity contribution in [3.8, 4) is 5.75 Å². The summed E-state index contributed by atoms with van der Waals surface area (Å²) in [6.07, 6.45) is -0.999. The highest BCUT2D eigenvalue weighted by atomic mass is 32.2. The molecule has 0 saturated carbocycles. The molecule has 1 amide bonds. The Morgan fingerprint density at radius 2 is 1.62 bits per heavy atom. The van der Waals surface area contributed by atoms with Gasteiger partial charge in [-0.3, -0.25) is 9.10 Å². The van der Waals surface area contributed by atoms with Crippen molar-refractivity contribution in [3.63, 3.8) is 0 Å². The summed E-state index contributed by atoms with van der Waals surface area (Å²) in [6.45, 7) is 14.2. The molecule has 4 rings (SSSR count). The van der Waals surface area contributed by atoms with E-state index in [-0.39, 0.29) is 28.8 Å². The first-order valence-electron chi connectivity index (χ1n) is 12.6. The van der Waals surface area contributed by atoms with Gasteiger partial charge in [-0.05, 0) is 85.2 Å². The highest BCUT2D eigenvalue weighted by Gasteiger charge is 2.38. The highest BCUT2D eigenvalue weighted by Crippen LogP contribution is 2.40. The largest absolute Gasteiger partial charge is 0.476 e. The minimum absolute atomic E-state index is 0.123. The Balaban J connectivity index is 1.69. The fourth-order valence-electron chi connectivity index (χ4n) is 4.64. The molecule has 0 bridgehead atoms. The summed E-state index contributed by atoms with van der Waals surface area (Å²) < 4.78 is 35.0. The molecule has 1 N–H and O–H groups in total. The van der Waals surface area contributed by atoms with Crippen molar-refractivity contribution in [3.05, 3.63) is 88.5 Å². The van der Waals surface area contributed by atoms with E-state index in [1.807, 2.05) is 32.9 Å². The van der Waals surface area contributed by atoms with E-state index in [0.717, 1.165) is 22.3 Å². The summed E-state index contributed by atoms with van der Waals surface area (Å²) in [7, 11) is -3.93. The summed E-state index contributed by atoms with van der Waals surface area (Å²) in [5.74, 6) is 0.0119. The molecule has 0 saturated heterocycles. The van der Waals surface area contributed by atoms with Crippen LogP contribution in [0.15, 0.2) is 65.6 Å². The number of sulfonamides is 1. The first-order chi connectivity index (χ1) is 17.3. The lowest BCUT2D eigenvalue weighted by molar-refractivity contribution is -0.128. The molecule has 1 heterocycles. The Hall–Kier alpha value is -3.32. The number of nitrogens with zero attached hydrogens (tertiary/aromatic N) is 1. The van der Waals surface area contributed by atoms with E-state index in [4.69, 9.17) is 4.74 Å². The summed E-state index contributed by atoms with van der Waals surface area (Å²) in [4.78, 5) is 13.6. The summed E-state index contributed by atoms with van der Waals surface area (Å²) >= 11 is 0. The van der Waals surface area contributed by atoms with Crippen LogP contribution in [0.5, 0.6) is 5.75 Å². The highest BCUT2D eigenvalue weighted by molar-refractivity contribution is 7.92. The molecule has 6 nitrogen and oxygen atoms in total. The average Bonchev–Trinajstić information content (AvgIpc) is 2.85. The molecule has 0 spiro atoms. The second-order valence-electron chi connectivity index (χ2n) is 10.9. The van der Waals surface area contributed by atoms with Crippen molar-refractivity contribution in [1.82, 2.24) is 5.32 Å². The Morgan fingerprint density at radius 3 is 2.27 bits per heavy atom. The topological polar surface area (TPSA) is 75.7 Å². The third-order valence-electron chi connectivity index (χ3n) is 7.03. The van der Waals surface area contributed by atoms with Crippen molar-refractivity contribution in [2.45, 2.75) is 70.9 Å². The Kier molecular flexibility index (Phi) is 7.12. The third kappa shape index (κ3) is 5.37. The molecule has 0 aliphatic carbocycles. The monoisotopic (exact) mass is 520 g/mol. The number of aryl methyl sites for hydroxylation is 3. The van der Waals surface area contributed by atoms with Crippen LogP contribution in [0.1, 0.15) is 61.6 Å². The SMILES string of the molecule is Cc1cc(C)c([C@@H](C)NC(=O)[C@@H]2CN(S(=O)(=O)c3ccccc3)c3cc(C(C)(C)C)ccc3O2)cc1C. The lowest BCUT2D eigenvalue weighted by Gasteiger charge is -2.36. The maximum atomic E-state index is 13.8. The number of carbonyl (C=O) groups is 1. The minimum atomic E-state index is -3.93. The van der Waals surface area contributed by atoms with Gasteiger partial charge in [0.1, 0.15) is 5.75 Å². The van der Waals surface area contributed by atoms with E-state index in [9.17, 15) is 13.2 Å². The molecule has 7 heteroatoms. The number of hydrogen-bond donors (Lipinski definition) is 1. The van der Waals surface area contributed by atoms with Gasteiger partial charge in [-0.2, -0.15) is 0 Å². The summed E-state index contributed by atoms with van der Waals surface area (Å²) in [5, 5.41) is 3.05. The van der Waals surface area contributed by atoms with Crippen LogP contribution < -0.4 is 14.4 Å². The number of fused-ring (bicyclic) bond motifs is 1. The number of anilines is 1. The Bertz CT molecular complexity index is 1430. The molecular formula is C30H36N2O4S. The van der Waals surface area contributed by atoms with Crippen LogP contribution in [0, 0.1) is 20.8 Å². The molecule has 3 aromatic rings. The van der Waals surface area contributed by atoms with Crippen molar-refractivity contribution in [2.75, 3.05) is 10.8 Å². The molecule has 2 atom stereocenters. The van der Waals surface area contributed by atoms with E-state index in [1.54, 1.807) is 36.4 Å². The molecule has 0 unspecified atom stereocenters. The van der Waals surface area contributed by atoms with Crippen molar-refractivity contribution in [2.24, 2.45) is 0 Å². The molecule has 1 aliphatic rings. The van der Waals surface area contributed by atoms with Crippen LogP contribution in [0.4, 0.5) is 5.69 Å². The van der Waals surface area contributed by atoms with Crippen LogP contribution in [0.25, 0.3) is 0 Å². The van der Waals surface area contributed by atoms with Crippen molar-refractivity contribution < 1.29 is 17.9 Å². The fraction of sp³-hybridized carbons (Fsp3) is 0.367. The van der Waals surface area contributed by atoms with Gasteiger partial charge < -0.3 is 10.1 Å². The Morgan fingerprint density at radius 1 is 0.973 bits per heavy atom. The number of hydrogen-bond acceptors (Lipinski definition) is 4. The van der Waals surface area contributed by atoms with Gasteiger partial charge in [-0.25, -0.2) is 8.42 Å². The van der Waals surface area contributed by atoms with Gasteiger partial charge in [0.25, 0.3) is 15.9 Å². The van der Waals surface area contributed by atoms with E-state index in [2.05, 4.69) is 45.1 Å². The molecule has 0 aromatic heterocycles. The number of carbonyl (C=O) groups excluding carboxylic acids is 1. The average molecular weight is 521 g/mol. The first-order valence-corrected chi connectivity index (χ1v) is 14.0. The minimum Gasteiger partial charge on any atom is -0.476 e. The van der Waals surface area contributed by atoms with Gasteiger partial charge in [0.2, 0.25) is 0 Å². The van der Waals surface area contributed by atoms with E-state index in [1.165, 1.54) is 9.87 Å². The Labute approximate surface area is 220 Å². The first kappa shape index (κ1) is 26.7. The molecule has 37 heavy (non-hydrogen) atoms. The van der Waals surface area contributed by atoms with Gasteiger partial charge in [0.15, 0.2) is 6.10 Å². The molecule has 0 radical (unpaired) electrons. The third-order valence-corrected chi connectivity index (χ3v) is 8.82. The normalized spacial score (nSPS) is 16.5. The van der Waals surface area contributed by atoms with Gasteiger partial charge in [0.05, 0.1) is 23.2 Å². The quantitative estimate of drug-likeness (QED) is 0.465. The lowest BCUT2D eigenvalue weighted by atomic mass is 9.86. The van der Waals surface area contributed by atoms with E-state index in [0.29, 0.717) is 11.4 Å². The van der Waals surface area contributed by atoms with Gasteiger partial charge in [-0.15, -0.1) is 0 Å². The van der Waals surface area contributed by atoms with Crippen molar-refractivity contribution >= 4 is 21.6 Å². The smallest absolute Gasteiger partial charge is 0.264 e. The molecule has 3 aromatic carbocycles. The number of amides is 1. The van der Waals surface area contributed by atoms with Gasteiger partial charge in [-0.1, -0.05) is 57.2 Å². The zero-order chi connectivity index (χ0) is 27.1. The fourth-order valence-corrected chi connectivity index (χ4v) is 6.12. The predicted molar refractivity (Wildman–Crippen MR) is 148 cm³/mol. The number of benzene rings is 3. The van der Waals surface area contributed by atoms with Crippen LogP contribution >= 0.6 is 0 Å². The molecule has 0 fully saturated rings. The molecule has 196 valence electrons. The van der Waals surface area contributed by atoms with Crippen LogP contribution in [-0.4, -0.2) is 27.0 Å². The zero-order valence-electron chi connectivity index (χ0n) is 22.6. The van der Waals surface area contributed by atoms with Crippen molar-refractivity contribution in [1.29, 1.82) is 0 Å². The maximum absolute atomic E-state index is 13.8. The molecule has 1 aliphatic heterocycles. The number of ether oxygens (including phenoxy) is 1.